The average molecular weight is 210 g/mol. The zero-order valence-corrected chi connectivity index (χ0v) is 10.3. The van der Waals surface area contributed by atoms with Gasteiger partial charge in [0.2, 0.25) is 0 Å². The lowest BCUT2D eigenvalue weighted by Gasteiger charge is -2.30. The van der Waals surface area contributed by atoms with Crippen LogP contribution in [-0.2, 0) is 0 Å². The number of nitrogens with one attached hydrogen (secondary N) is 1. The number of hydrogen-bond donors (Lipinski definition) is 1. The molecule has 15 heavy (non-hydrogen) atoms. The minimum absolute atomic E-state index is 0.779. The molecule has 0 radical (unpaired) electrons. The molecule has 0 aromatic carbocycles. The molecular formula is C13H26N2. The summed E-state index contributed by atoms with van der Waals surface area (Å²) < 4.78 is 0. The van der Waals surface area contributed by atoms with E-state index in [1.54, 1.807) is 0 Å². The van der Waals surface area contributed by atoms with Gasteiger partial charge in [-0.15, -0.1) is 0 Å². The highest BCUT2D eigenvalue weighted by Gasteiger charge is 2.28. The van der Waals surface area contributed by atoms with E-state index in [2.05, 4.69) is 24.1 Å². The average Bonchev–Trinajstić information content (AvgIpc) is 2.85. The van der Waals surface area contributed by atoms with Gasteiger partial charge in [-0.1, -0.05) is 13.8 Å². The summed E-state index contributed by atoms with van der Waals surface area (Å²) in [6, 6.07) is 1.66. The molecule has 3 atom stereocenters. The second-order valence-electron chi connectivity index (χ2n) is 5.45. The van der Waals surface area contributed by atoms with Crippen LogP contribution in [0.2, 0.25) is 0 Å². The number of rotatable bonds is 4. The quantitative estimate of drug-likeness (QED) is 0.765. The molecule has 1 aliphatic carbocycles. The normalized spacial score (nSPS) is 36.6. The lowest BCUT2D eigenvalue weighted by molar-refractivity contribution is 0.188. The van der Waals surface area contributed by atoms with Gasteiger partial charge in [0.25, 0.3) is 0 Å². The van der Waals surface area contributed by atoms with Gasteiger partial charge in [-0.05, 0) is 51.1 Å². The summed E-state index contributed by atoms with van der Waals surface area (Å²) in [4.78, 5) is 2.71. The first-order chi connectivity index (χ1) is 7.29. The predicted octanol–water partition coefficient (Wildman–Crippen LogP) is 2.25. The molecule has 0 bridgehead atoms. The van der Waals surface area contributed by atoms with Gasteiger partial charge in [0.05, 0.1) is 0 Å². The van der Waals surface area contributed by atoms with E-state index in [1.165, 1.54) is 51.7 Å². The number of likely N-dealkylation sites (N-methyl/N-ethyl adjacent to an activating group) is 1. The van der Waals surface area contributed by atoms with Crippen LogP contribution in [0.5, 0.6) is 0 Å². The second kappa shape index (κ2) is 5.31. The molecule has 0 spiro atoms. The van der Waals surface area contributed by atoms with Gasteiger partial charge in [0.1, 0.15) is 0 Å². The van der Waals surface area contributed by atoms with Crippen LogP contribution in [0.4, 0.5) is 0 Å². The molecule has 0 aromatic heterocycles. The Kier molecular flexibility index (Phi) is 4.04. The van der Waals surface area contributed by atoms with Crippen LogP contribution in [0.3, 0.4) is 0 Å². The topological polar surface area (TPSA) is 15.3 Å². The van der Waals surface area contributed by atoms with E-state index in [-0.39, 0.29) is 0 Å². The van der Waals surface area contributed by atoms with Gasteiger partial charge in [0.15, 0.2) is 0 Å². The van der Waals surface area contributed by atoms with Crippen molar-refractivity contribution >= 4 is 0 Å². The maximum Gasteiger partial charge on any atom is 0.0195 e. The molecule has 1 saturated carbocycles. The van der Waals surface area contributed by atoms with Crippen LogP contribution < -0.4 is 5.32 Å². The van der Waals surface area contributed by atoms with Gasteiger partial charge >= 0.3 is 0 Å². The SMILES string of the molecule is CCN(CC1CCCN1)C1CCC(C)C1. The largest absolute Gasteiger partial charge is 0.313 e. The van der Waals surface area contributed by atoms with Crippen LogP contribution in [0, 0.1) is 5.92 Å². The van der Waals surface area contributed by atoms with Crippen molar-refractivity contribution in [3.05, 3.63) is 0 Å². The van der Waals surface area contributed by atoms with Gasteiger partial charge in [0, 0.05) is 18.6 Å². The van der Waals surface area contributed by atoms with E-state index < -0.39 is 0 Å². The number of nitrogens with zero attached hydrogens (tertiary/aromatic N) is 1. The van der Waals surface area contributed by atoms with Crippen molar-refractivity contribution in [2.24, 2.45) is 5.92 Å². The number of hydrogen-bond acceptors (Lipinski definition) is 2. The highest BCUT2D eigenvalue weighted by Crippen LogP contribution is 2.29. The van der Waals surface area contributed by atoms with Gasteiger partial charge in [-0.25, -0.2) is 0 Å². The summed E-state index contributed by atoms with van der Waals surface area (Å²) in [6.07, 6.45) is 7.07. The van der Waals surface area contributed by atoms with Gasteiger partial charge < -0.3 is 5.32 Å². The Morgan fingerprint density at radius 1 is 1.27 bits per heavy atom. The third kappa shape index (κ3) is 2.94. The van der Waals surface area contributed by atoms with E-state index in [9.17, 15) is 0 Å². The van der Waals surface area contributed by atoms with Crippen molar-refractivity contribution in [1.82, 2.24) is 10.2 Å². The second-order valence-corrected chi connectivity index (χ2v) is 5.45. The van der Waals surface area contributed by atoms with E-state index in [0.29, 0.717) is 0 Å². The van der Waals surface area contributed by atoms with Crippen molar-refractivity contribution in [2.75, 3.05) is 19.6 Å². The van der Waals surface area contributed by atoms with Crippen molar-refractivity contribution in [3.8, 4) is 0 Å². The van der Waals surface area contributed by atoms with Crippen LogP contribution in [0.25, 0.3) is 0 Å². The fourth-order valence-corrected chi connectivity index (χ4v) is 3.24. The zero-order valence-electron chi connectivity index (χ0n) is 10.3. The fourth-order valence-electron chi connectivity index (χ4n) is 3.24. The van der Waals surface area contributed by atoms with Crippen LogP contribution >= 0.6 is 0 Å². The first kappa shape index (κ1) is 11.4. The van der Waals surface area contributed by atoms with Crippen molar-refractivity contribution in [3.63, 3.8) is 0 Å². The van der Waals surface area contributed by atoms with E-state index in [4.69, 9.17) is 0 Å². The summed E-state index contributed by atoms with van der Waals surface area (Å²) in [5, 5.41) is 3.61. The zero-order chi connectivity index (χ0) is 10.7. The fraction of sp³-hybridized carbons (Fsp3) is 1.00. The Morgan fingerprint density at radius 2 is 2.13 bits per heavy atom. The Labute approximate surface area is 94.4 Å². The molecule has 88 valence electrons. The summed E-state index contributed by atoms with van der Waals surface area (Å²) in [7, 11) is 0. The summed E-state index contributed by atoms with van der Waals surface area (Å²) in [6.45, 7) is 8.48. The minimum Gasteiger partial charge on any atom is -0.313 e. The molecule has 1 heterocycles. The van der Waals surface area contributed by atoms with Crippen LogP contribution in [0.1, 0.15) is 46.0 Å². The maximum atomic E-state index is 3.61. The molecule has 3 unspecified atom stereocenters. The molecule has 2 rings (SSSR count). The lowest BCUT2D eigenvalue weighted by atomic mass is 10.1. The molecule has 1 N–H and O–H groups in total. The molecule has 0 amide bonds. The molecule has 2 heteroatoms. The first-order valence-corrected chi connectivity index (χ1v) is 6.77. The van der Waals surface area contributed by atoms with Crippen LogP contribution in [-0.4, -0.2) is 36.6 Å². The van der Waals surface area contributed by atoms with Crippen molar-refractivity contribution < 1.29 is 0 Å². The van der Waals surface area contributed by atoms with Crippen LogP contribution in [0.15, 0.2) is 0 Å². The highest BCUT2D eigenvalue weighted by molar-refractivity contribution is 4.85. The maximum absolute atomic E-state index is 3.61. The summed E-state index contributed by atoms with van der Waals surface area (Å²) in [5.74, 6) is 0.959. The predicted molar refractivity (Wildman–Crippen MR) is 65.1 cm³/mol. The third-order valence-corrected chi connectivity index (χ3v) is 4.21. The van der Waals surface area contributed by atoms with E-state index in [0.717, 1.165) is 18.0 Å². The Balaban J connectivity index is 1.80. The Bertz CT molecular complexity index is 187. The molecule has 2 aliphatic rings. The smallest absolute Gasteiger partial charge is 0.0195 e. The molecule has 2 nitrogen and oxygen atoms in total. The lowest BCUT2D eigenvalue weighted by Crippen LogP contribution is -2.42. The summed E-state index contributed by atoms with van der Waals surface area (Å²) >= 11 is 0. The molecular weight excluding hydrogens is 184 g/mol. The van der Waals surface area contributed by atoms with Gasteiger partial charge in [-0.3, -0.25) is 4.90 Å². The molecule has 1 saturated heterocycles. The highest BCUT2D eigenvalue weighted by atomic mass is 15.2. The molecule has 0 aromatic rings. The Hall–Kier alpha value is -0.0800. The summed E-state index contributed by atoms with van der Waals surface area (Å²) in [5.41, 5.74) is 0. The van der Waals surface area contributed by atoms with E-state index in [1.807, 2.05) is 0 Å². The standard InChI is InChI=1S/C13H26N2/c1-3-15(10-12-5-4-8-14-12)13-7-6-11(2)9-13/h11-14H,3-10H2,1-2H3. The van der Waals surface area contributed by atoms with E-state index >= 15 is 0 Å². The first-order valence-electron chi connectivity index (χ1n) is 6.77. The van der Waals surface area contributed by atoms with Crippen molar-refractivity contribution in [1.29, 1.82) is 0 Å². The molecule has 2 fully saturated rings. The van der Waals surface area contributed by atoms with Crippen molar-refractivity contribution in [2.45, 2.75) is 58.0 Å². The molecule has 1 aliphatic heterocycles. The minimum atomic E-state index is 0.779. The van der Waals surface area contributed by atoms with Gasteiger partial charge in [-0.2, -0.15) is 0 Å². The third-order valence-electron chi connectivity index (χ3n) is 4.21. The monoisotopic (exact) mass is 210 g/mol. The Morgan fingerprint density at radius 3 is 2.67 bits per heavy atom.